The Morgan fingerprint density at radius 1 is 1.31 bits per heavy atom. The third-order valence-corrected chi connectivity index (χ3v) is 4.39. The summed E-state index contributed by atoms with van der Waals surface area (Å²) in [4.78, 5) is 24.4. The van der Waals surface area contributed by atoms with Gasteiger partial charge in [-0.05, 0) is 23.1 Å². The molecule has 26 heavy (non-hydrogen) atoms. The molecule has 1 aromatic carbocycles. The summed E-state index contributed by atoms with van der Waals surface area (Å²) in [5, 5.41) is 0. The standard InChI is InChI=1S/C19H25FN2O4/c1-13(23)26-12-18(24)22-9-7-15(8-10-22)14-3-5-16(6-4-14)19(25-2)17(21)11-20/h3-7,17,19H,8-12,21H2,1-2H3/t17-,19-/m1/s1. The first-order chi connectivity index (χ1) is 12.5. The van der Waals surface area contributed by atoms with Crippen molar-refractivity contribution in [3.63, 3.8) is 0 Å². The fourth-order valence-corrected chi connectivity index (χ4v) is 2.94. The van der Waals surface area contributed by atoms with Gasteiger partial charge in [0.25, 0.3) is 5.91 Å². The summed E-state index contributed by atoms with van der Waals surface area (Å²) in [7, 11) is 1.51. The second kappa shape index (κ2) is 9.45. The molecule has 0 radical (unpaired) electrons. The molecule has 2 N–H and O–H groups in total. The molecular formula is C19H25FN2O4. The summed E-state index contributed by atoms with van der Waals surface area (Å²) in [6, 6.07) is 6.98. The van der Waals surface area contributed by atoms with Crippen LogP contribution in [0.15, 0.2) is 30.3 Å². The maximum Gasteiger partial charge on any atom is 0.303 e. The predicted octanol–water partition coefficient (Wildman–Crippen LogP) is 1.85. The largest absolute Gasteiger partial charge is 0.456 e. The number of nitrogens with zero attached hydrogens (tertiary/aromatic N) is 1. The Balaban J connectivity index is 2.00. The molecule has 1 amide bonds. The third-order valence-electron chi connectivity index (χ3n) is 4.39. The van der Waals surface area contributed by atoms with Gasteiger partial charge >= 0.3 is 5.97 Å². The summed E-state index contributed by atoms with van der Waals surface area (Å²) in [5.74, 6) is -0.664. The van der Waals surface area contributed by atoms with Crippen LogP contribution in [-0.4, -0.2) is 56.3 Å². The van der Waals surface area contributed by atoms with Crippen molar-refractivity contribution in [1.29, 1.82) is 0 Å². The van der Waals surface area contributed by atoms with Gasteiger partial charge in [-0.25, -0.2) is 4.39 Å². The van der Waals surface area contributed by atoms with Gasteiger partial charge < -0.3 is 20.1 Å². The van der Waals surface area contributed by atoms with Crippen molar-refractivity contribution in [3.05, 3.63) is 41.5 Å². The van der Waals surface area contributed by atoms with Crippen molar-refractivity contribution in [2.45, 2.75) is 25.5 Å². The number of benzene rings is 1. The summed E-state index contributed by atoms with van der Waals surface area (Å²) >= 11 is 0. The van der Waals surface area contributed by atoms with Crippen LogP contribution in [0.5, 0.6) is 0 Å². The van der Waals surface area contributed by atoms with Crippen molar-refractivity contribution < 1.29 is 23.5 Å². The van der Waals surface area contributed by atoms with Crippen LogP contribution in [0.1, 0.15) is 30.6 Å². The van der Waals surface area contributed by atoms with Crippen LogP contribution in [0.25, 0.3) is 5.57 Å². The van der Waals surface area contributed by atoms with Gasteiger partial charge in [-0.3, -0.25) is 9.59 Å². The van der Waals surface area contributed by atoms with Crippen molar-refractivity contribution in [2.75, 3.05) is 33.5 Å². The highest BCUT2D eigenvalue weighted by atomic mass is 19.1. The third kappa shape index (κ3) is 5.12. The number of carbonyl (C=O) groups excluding carboxylic acids is 2. The van der Waals surface area contributed by atoms with E-state index in [2.05, 4.69) is 0 Å². The lowest BCUT2D eigenvalue weighted by molar-refractivity contribution is -0.150. The number of hydrogen-bond acceptors (Lipinski definition) is 5. The summed E-state index contributed by atoms with van der Waals surface area (Å²) < 4.78 is 22.8. The lowest BCUT2D eigenvalue weighted by Crippen LogP contribution is -2.37. The Bertz CT molecular complexity index is 660. The highest BCUT2D eigenvalue weighted by Crippen LogP contribution is 2.26. The predicted molar refractivity (Wildman–Crippen MR) is 95.9 cm³/mol. The number of methoxy groups -OCH3 is 1. The molecule has 7 heteroatoms. The Morgan fingerprint density at radius 3 is 2.50 bits per heavy atom. The Hall–Kier alpha value is -2.25. The van der Waals surface area contributed by atoms with Crippen LogP contribution >= 0.6 is 0 Å². The molecule has 2 rings (SSSR count). The van der Waals surface area contributed by atoms with Crippen molar-refractivity contribution in [3.8, 4) is 0 Å². The van der Waals surface area contributed by atoms with Crippen LogP contribution in [0.2, 0.25) is 0 Å². The van der Waals surface area contributed by atoms with Crippen molar-refractivity contribution >= 4 is 17.4 Å². The molecular weight excluding hydrogens is 339 g/mol. The minimum atomic E-state index is -0.698. The number of amides is 1. The van der Waals surface area contributed by atoms with E-state index in [1.807, 2.05) is 30.3 Å². The fourth-order valence-electron chi connectivity index (χ4n) is 2.94. The smallest absolute Gasteiger partial charge is 0.303 e. The SMILES string of the molecule is CO[C@H](c1ccc(C2=CCN(C(=O)COC(C)=O)CC2)cc1)[C@H](N)CF. The maximum atomic E-state index is 12.8. The number of ether oxygens (including phenoxy) is 2. The minimum Gasteiger partial charge on any atom is -0.456 e. The highest BCUT2D eigenvalue weighted by molar-refractivity contribution is 5.81. The normalized spacial score (nSPS) is 16.6. The lowest BCUT2D eigenvalue weighted by atomic mass is 9.96. The first-order valence-electron chi connectivity index (χ1n) is 8.51. The minimum absolute atomic E-state index is 0.200. The van der Waals surface area contributed by atoms with Crippen molar-refractivity contribution in [2.24, 2.45) is 5.73 Å². The van der Waals surface area contributed by atoms with Gasteiger partial charge in [-0.15, -0.1) is 0 Å². The van der Waals surface area contributed by atoms with E-state index in [0.29, 0.717) is 19.5 Å². The Labute approximate surface area is 152 Å². The van der Waals surface area contributed by atoms with E-state index < -0.39 is 24.8 Å². The summed E-state index contributed by atoms with van der Waals surface area (Å²) in [6.07, 6.45) is 2.22. The second-order valence-electron chi connectivity index (χ2n) is 6.20. The maximum absolute atomic E-state index is 12.8. The number of nitrogens with two attached hydrogens (primary N) is 1. The van der Waals surface area contributed by atoms with Gasteiger partial charge in [0.05, 0.1) is 12.1 Å². The number of rotatable bonds is 7. The van der Waals surface area contributed by atoms with E-state index in [4.69, 9.17) is 15.2 Å². The van der Waals surface area contributed by atoms with E-state index in [1.165, 1.54) is 14.0 Å². The molecule has 0 aliphatic carbocycles. The number of halogens is 1. The van der Waals surface area contributed by atoms with E-state index in [9.17, 15) is 14.0 Å². The number of carbonyl (C=O) groups is 2. The van der Waals surface area contributed by atoms with Crippen LogP contribution in [-0.2, 0) is 19.1 Å². The highest BCUT2D eigenvalue weighted by Gasteiger charge is 2.21. The molecule has 0 bridgehead atoms. The number of esters is 1. The zero-order valence-electron chi connectivity index (χ0n) is 15.1. The molecule has 1 aliphatic heterocycles. The van der Waals surface area contributed by atoms with Gasteiger partial charge in [0.2, 0.25) is 0 Å². The first-order valence-corrected chi connectivity index (χ1v) is 8.51. The molecule has 1 aromatic rings. The molecule has 0 saturated carbocycles. The van der Waals surface area contributed by atoms with E-state index >= 15 is 0 Å². The van der Waals surface area contributed by atoms with E-state index in [0.717, 1.165) is 16.7 Å². The molecule has 2 atom stereocenters. The monoisotopic (exact) mass is 364 g/mol. The molecule has 0 fully saturated rings. The Kier molecular flexibility index (Phi) is 7.29. The zero-order valence-corrected chi connectivity index (χ0v) is 15.1. The number of alkyl halides is 1. The van der Waals surface area contributed by atoms with Gasteiger partial charge in [0.15, 0.2) is 6.61 Å². The van der Waals surface area contributed by atoms with Crippen molar-refractivity contribution in [1.82, 2.24) is 4.90 Å². The van der Waals surface area contributed by atoms with Crippen LogP contribution < -0.4 is 5.73 Å². The van der Waals surface area contributed by atoms with Crippen LogP contribution in [0.3, 0.4) is 0 Å². The van der Waals surface area contributed by atoms with Gasteiger partial charge in [0.1, 0.15) is 6.67 Å². The average Bonchev–Trinajstić information content (AvgIpc) is 2.67. The second-order valence-corrected chi connectivity index (χ2v) is 6.20. The molecule has 0 aromatic heterocycles. The van der Waals surface area contributed by atoms with E-state index in [-0.39, 0.29) is 12.5 Å². The topological polar surface area (TPSA) is 81.9 Å². The van der Waals surface area contributed by atoms with Crippen LogP contribution in [0.4, 0.5) is 4.39 Å². The van der Waals surface area contributed by atoms with E-state index in [1.54, 1.807) is 4.90 Å². The molecule has 0 unspecified atom stereocenters. The zero-order chi connectivity index (χ0) is 19.1. The fraction of sp³-hybridized carbons (Fsp3) is 0.474. The van der Waals surface area contributed by atoms with Crippen LogP contribution in [0, 0.1) is 0 Å². The average molecular weight is 364 g/mol. The molecule has 142 valence electrons. The Morgan fingerprint density at radius 2 is 2.00 bits per heavy atom. The number of hydrogen-bond donors (Lipinski definition) is 1. The quantitative estimate of drug-likeness (QED) is 0.747. The molecule has 0 saturated heterocycles. The van der Waals surface area contributed by atoms with Gasteiger partial charge in [0, 0.05) is 27.1 Å². The molecule has 1 aliphatic rings. The summed E-state index contributed by atoms with van der Waals surface area (Å²) in [6.45, 7) is 1.45. The summed E-state index contributed by atoms with van der Waals surface area (Å²) in [5.41, 5.74) is 8.76. The molecule has 6 nitrogen and oxygen atoms in total. The molecule has 0 spiro atoms. The first kappa shape index (κ1) is 20.1. The van der Waals surface area contributed by atoms with Gasteiger partial charge in [-0.1, -0.05) is 30.3 Å². The lowest BCUT2D eigenvalue weighted by Gasteiger charge is -2.27. The molecule has 1 heterocycles. The van der Waals surface area contributed by atoms with Gasteiger partial charge in [-0.2, -0.15) is 0 Å².